The molecular weight excluding hydrogens is 262 g/mol. The normalized spacial score (nSPS) is 22.9. The molecule has 1 fully saturated rings. The lowest BCUT2D eigenvalue weighted by Gasteiger charge is -2.26. The number of likely N-dealkylation sites (tertiary alicyclic amines) is 1. The van der Waals surface area contributed by atoms with E-state index in [0.717, 1.165) is 0 Å². The first-order chi connectivity index (χ1) is 9.28. The van der Waals surface area contributed by atoms with E-state index >= 15 is 0 Å². The van der Waals surface area contributed by atoms with Gasteiger partial charge in [0, 0.05) is 25.4 Å². The molecule has 1 aromatic rings. The summed E-state index contributed by atoms with van der Waals surface area (Å²) in [5.74, 6) is -1.02. The maximum atomic E-state index is 12.1. The van der Waals surface area contributed by atoms with Gasteiger partial charge in [0.05, 0.1) is 6.04 Å². The predicted octanol–water partition coefficient (Wildman–Crippen LogP) is 1.52. The number of carboxylic acids is 1. The first-order valence-electron chi connectivity index (χ1n) is 6.49. The minimum absolute atomic E-state index is 0.140. The average molecular weight is 281 g/mol. The molecule has 0 spiro atoms. The molecule has 7 heteroatoms. The second-order valence-electron chi connectivity index (χ2n) is 5.86. The zero-order valence-electron chi connectivity index (χ0n) is 11.8. The number of hydrogen-bond acceptors (Lipinski definition) is 4. The standard InChI is InChI=1S/C13H19N3O4/c1-13(2,3)20-12(19)15-8-9(7-10(15)11(17)18)16-6-4-5-14-16/h4-6,9-10H,7-8H2,1-3H3,(H,17,18). The van der Waals surface area contributed by atoms with Gasteiger partial charge < -0.3 is 9.84 Å². The minimum Gasteiger partial charge on any atom is -0.480 e. The molecule has 0 bridgehead atoms. The van der Waals surface area contributed by atoms with Crippen molar-refractivity contribution in [3.05, 3.63) is 18.5 Å². The first-order valence-corrected chi connectivity index (χ1v) is 6.49. The number of carboxylic acid groups (broad SMARTS) is 1. The maximum Gasteiger partial charge on any atom is 0.411 e. The Hall–Kier alpha value is -2.05. The van der Waals surface area contributed by atoms with Crippen LogP contribution in [-0.4, -0.2) is 50.0 Å². The van der Waals surface area contributed by atoms with E-state index in [0.29, 0.717) is 6.42 Å². The van der Waals surface area contributed by atoms with Crippen LogP contribution in [0.5, 0.6) is 0 Å². The maximum absolute atomic E-state index is 12.1. The Morgan fingerprint density at radius 2 is 2.10 bits per heavy atom. The number of nitrogens with zero attached hydrogens (tertiary/aromatic N) is 3. The molecule has 0 aliphatic carbocycles. The molecular formula is C13H19N3O4. The van der Waals surface area contributed by atoms with Crippen LogP contribution in [0.4, 0.5) is 4.79 Å². The zero-order valence-corrected chi connectivity index (χ0v) is 11.8. The number of amides is 1. The number of ether oxygens (including phenoxy) is 1. The third-order valence-corrected chi connectivity index (χ3v) is 3.09. The molecule has 1 N–H and O–H groups in total. The molecule has 0 aromatic carbocycles. The Kier molecular flexibility index (Phi) is 3.69. The summed E-state index contributed by atoms with van der Waals surface area (Å²) < 4.78 is 6.94. The molecule has 1 amide bonds. The molecule has 110 valence electrons. The van der Waals surface area contributed by atoms with E-state index in [-0.39, 0.29) is 12.6 Å². The number of hydrogen-bond donors (Lipinski definition) is 1. The van der Waals surface area contributed by atoms with Crippen LogP contribution in [0, 0.1) is 0 Å². The van der Waals surface area contributed by atoms with Crippen molar-refractivity contribution in [2.24, 2.45) is 0 Å². The van der Waals surface area contributed by atoms with E-state index in [2.05, 4.69) is 5.10 Å². The summed E-state index contributed by atoms with van der Waals surface area (Å²) in [5.41, 5.74) is -0.649. The summed E-state index contributed by atoms with van der Waals surface area (Å²) >= 11 is 0. The van der Waals surface area contributed by atoms with E-state index in [1.807, 2.05) is 0 Å². The molecule has 2 atom stereocenters. The Morgan fingerprint density at radius 3 is 2.60 bits per heavy atom. The SMILES string of the molecule is CC(C)(C)OC(=O)N1CC(n2cccn2)CC1C(=O)O. The number of rotatable bonds is 2. The van der Waals surface area contributed by atoms with E-state index in [4.69, 9.17) is 4.74 Å². The van der Waals surface area contributed by atoms with Gasteiger partial charge in [0.1, 0.15) is 11.6 Å². The fourth-order valence-electron chi connectivity index (χ4n) is 2.26. The van der Waals surface area contributed by atoms with Gasteiger partial charge in [0.2, 0.25) is 0 Å². The van der Waals surface area contributed by atoms with E-state index in [1.54, 1.807) is 43.9 Å². The summed E-state index contributed by atoms with van der Waals surface area (Å²) in [4.78, 5) is 24.7. The van der Waals surface area contributed by atoms with Crippen molar-refractivity contribution in [1.82, 2.24) is 14.7 Å². The van der Waals surface area contributed by atoms with Crippen molar-refractivity contribution in [1.29, 1.82) is 0 Å². The summed E-state index contributed by atoms with van der Waals surface area (Å²) in [6.07, 6.45) is 3.13. The second-order valence-corrected chi connectivity index (χ2v) is 5.86. The number of carbonyl (C=O) groups is 2. The van der Waals surface area contributed by atoms with Crippen molar-refractivity contribution >= 4 is 12.1 Å². The van der Waals surface area contributed by atoms with Crippen LogP contribution in [0.3, 0.4) is 0 Å². The van der Waals surface area contributed by atoms with Crippen LogP contribution >= 0.6 is 0 Å². The zero-order chi connectivity index (χ0) is 14.9. The second kappa shape index (κ2) is 5.15. The highest BCUT2D eigenvalue weighted by atomic mass is 16.6. The van der Waals surface area contributed by atoms with E-state index in [1.165, 1.54) is 4.90 Å². The van der Waals surface area contributed by atoms with Crippen molar-refractivity contribution in [2.45, 2.75) is 44.9 Å². The van der Waals surface area contributed by atoms with Gasteiger partial charge in [-0.15, -0.1) is 0 Å². The van der Waals surface area contributed by atoms with Gasteiger partial charge in [-0.3, -0.25) is 9.58 Å². The van der Waals surface area contributed by atoms with E-state index in [9.17, 15) is 14.7 Å². The van der Waals surface area contributed by atoms with Gasteiger partial charge in [0.15, 0.2) is 0 Å². The third-order valence-electron chi connectivity index (χ3n) is 3.09. The summed E-state index contributed by atoms with van der Waals surface area (Å²) in [5, 5.41) is 13.4. The molecule has 2 rings (SSSR count). The van der Waals surface area contributed by atoms with Gasteiger partial charge in [-0.25, -0.2) is 9.59 Å². The first kappa shape index (κ1) is 14.4. The number of aromatic nitrogens is 2. The lowest BCUT2D eigenvalue weighted by Crippen LogP contribution is -2.43. The number of aliphatic carboxylic acids is 1. The smallest absolute Gasteiger partial charge is 0.411 e. The van der Waals surface area contributed by atoms with E-state index < -0.39 is 23.7 Å². The highest BCUT2D eigenvalue weighted by Crippen LogP contribution is 2.28. The lowest BCUT2D eigenvalue weighted by molar-refractivity contribution is -0.142. The summed E-state index contributed by atoms with van der Waals surface area (Å²) in [7, 11) is 0. The van der Waals surface area contributed by atoms with Gasteiger partial charge in [-0.05, 0) is 26.8 Å². The predicted molar refractivity (Wildman–Crippen MR) is 70.2 cm³/mol. The van der Waals surface area contributed by atoms with Crippen LogP contribution < -0.4 is 0 Å². The highest BCUT2D eigenvalue weighted by Gasteiger charge is 2.42. The third kappa shape index (κ3) is 3.09. The lowest BCUT2D eigenvalue weighted by atomic mass is 10.2. The van der Waals surface area contributed by atoms with Crippen molar-refractivity contribution in [3.63, 3.8) is 0 Å². The van der Waals surface area contributed by atoms with Crippen LogP contribution in [0.15, 0.2) is 18.5 Å². The highest BCUT2D eigenvalue weighted by molar-refractivity contribution is 5.81. The number of carbonyl (C=O) groups excluding carboxylic acids is 1. The Morgan fingerprint density at radius 1 is 1.40 bits per heavy atom. The van der Waals surface area contributed by atoms with Crippen molar-refractivity contribution in [2.75, 3.05) is 6.54 Å². The summed E-state index contributed by atoms with van der Waals surface area (Å²) in [6, 6.07) is 0.754. The molecule has 0 saturated carbocycles. The van der Waals surface area contributed by atoms with Gasteiger partial charge >= 0.3 is 12.1 Å². The minimum atomic E-state index is -1.02. The Labute approximate surface area is 117 Å². The van der Waals surface area contributed by atoms with Crippen LogP contribution in [-0.2, 0) is 9.53 Å². The Balaban J connectivity index is 2.14. The van der Waals surface area contributed by atoms with Crippen LogP contribution in [0.2, 0.25) is 0 Å². The molecule has 2 heterocycles. The van der Waals surface area contributed by atoms with Gasteiger partial charge in [0.25, 0.3) is 0 Å². The fraction of sp³-hybridized carbons (Fsp3) is 0.615. The fourth-order valence-corrected chi connectivity index (χ4v) is 2.26. The van der Waals surface area contributed by atoms with Crippen LogP contribution in [0.25, 0.3) is 0 Å². The summed E-state index contributed by atoms with van der Waals surface area (Å²) in [6.45, 7) is 5.54. The molecule has 1 saturated heterocycles. The molecule has 2 unspecified atom stereocenters. The molecule has 1 aliphatic heterocycles. The molecule has 7 nitrogen and oxygen atoms in total. The molecule has 0 radical (unpaired) electrons. The van der Waals surface area contributed by atoms with Crippen LogP contribution in [0.1, 0.15) is 33.2 Å². The molecule has 1 aliphatic rings. The average Bonchev–Trinajstić information content (AvgIpc) is 2.95. The van der Waals surface area contributed by atoms with Crippen molar-refractivity contribution in [3.8, 4) is 0 Å². The molecule has 1 aromatic heterocycles. The topological polar surface area (TPSA) is 84.7 Å². The Bertz CT molecular complexity index is 492. The van der Waals surface area contributed by atoms with Gasteiger partial charge in [-0.2, -0.15) is 5.10 Å². The quantitative estimate of drug-likeness (QED) is 0.888. The van der Waals surface area contributed by atoms with Gasteiger partial charge in [-0.1, -0.05) is 0 Å². The monoisotopic (exact) mass is 281 g/mol. The molecule has 20 heavy (non-hydrogen) atoms. The largest absolute Gasteiger partial charge is 0.480 e. The van der Waals surface area contributed by atoms with Crippen molar-refractivity contribution < 1.29 is 19.4 Å².